The molecule has 3 N–H and O–H groups in total. The maximum absolute atomic E-state index is 12.0. The quantitative estimate of drug-likeness (QED) is 0.794. The van der Waals surface area contributed by atoms with Crippen LogP contribution in [-0.4, -0.2) is 31.7 Å². The Morgan fingerprint density at radius 1 is 1.39 bits per heavy atom. The number of ether oxygens (including phenoxy) is 1. The summed E-state index contributed by atoms with van der Waals surface area (Å²) in [6, 6.07) is 0.192. The van der Waals surface area contributed by atoms with Crippen molar-refractivity contribution < 1.29 is 9.53 Å². The van der Waals surface area contributed by atoms with E-state index in [1.54, 1.807) is 0 Å². The summed E-state index contributed by atoms with van der Waals surface area (Å²) in [7, 11) is 0. The van der Waals surface area contributed by atoms with Crippen LogP contribution >= 0.6 is 0 Å². The van der Waals surface area contributed by atoms with Gasteiger partial charge in [-0.25, -0.2) is 0 Å². The van der Waals surface area contributed by atoms with E-state index in [4.69, 9.17) is 10.5 Å². The van der Waals surface area contributed by atoms with Gasteiger partial charge >= 0.3 is 0 Å². The van der Waals surface area contributed by atoms with Gasteiger partial charge in [0.25, 0.3) is 0 Å². The second kappa shape index (κ2) is 6.53. The minimum atomic E-state index is 0.135. The molecule has 1 saturated heterocycles. The summed E-state index contributed by atoms with van der Waals surface area (Å²) >= 11 is 0. The van der Waals surface area contributed by atoms with E-state index in [1.165, 1.54) is 0 Å². The zero-order chi connectivity index (χ0) is 13.0. The first kappa shape index (κ1) is 13.8. The lowest BCUT2D eigenvalue weighted by Crippen LogP contribution is -2.41. The van der Waals surface area contributed by atoms with Gasteiger partial charge in [-0.1, -0.05) is 6.92 Å². The Morgan fingerprint density at radius 3 is 2.89 bits per heavy atom. The molecule has 18 heavy (non-hydrogen) atoms. The fraction of sp³-hybridized carbons (Fsp3) is 0.929. The minimum Gasteiger partial charge on any atom is -0.381 e. The number of rotatable bonds is 4. The van der Waals surface area contributed by atoms with E-state index in [-0.39, 0.29) is 17.9 Å². The van der Waals surface area contributed by atoms with Crippen LogP contribution in [0.3, 0.4) is 0 Å². The molecule has 1 aliphatic heterocycles. The predicted molar refractivity (Wildman–Crippen MR) is 71.0 cm³/mol. The molecule has 4 unspecified atom stereocenters. The minimum absolute atomic E-state index is 0.135. The highest BCUT2D eigenvalue weighted by molar-refractivity contribution is 5.78. The van der Waals surface area contributed by atoms with Gasteiger partial charge in [-0.2, -0.15) is 0 Å². The molecule has 4 atom stereocenters. The highest BCUT2D eigenvalue weighted by Crippen LogP contribution is 2.27. The van der Waals surface area contributed by atoms with Gasteiger partial charge in [0.1, 0.15) is 0 Å². The molecule has 4 heteroatoms. The second-order valence-electron chi connectivity index (χ2n) is 5.96. The van der Waals surface area contributed by atoms with E-state index in [2.05, 4.69) is 12.2 Å². The second-order valence-corrected chi connectivity index (χ2v) is 5.96. The maximum atomic E-state index is 12.0. The van der Waals surface area contributed by atoms with Crippen molar-refractivity contribution in [1.29, 1.82) is 0 Å². The molecule has 2 rings (SSSR count). The standard InChI is InChI=1S/C14H26N2O2/c1-10-2-3-12(8-13(10)15)14(17)16-6-4-11-5-7-18-9-11/h10-13H,2-9,15H2,1H3,(H,16,17). The van der Waals surface area contributed by atoms with Gasteiger partial charge in [0.2, 0.25) is 5.91 Å². The molecule has 0 aromatic carbocycles. The van der Waals surface area contributed by atoms with Crippen LogP contribution in [0.4, 0.5) is 0 Å². The van der Waals surface area contributed by atoms with Crippen LogP contribution in [0.1, 0.15) is 39.0 Å². The summed E-state index contributed by atoms with van der Waals surface area (Å²) in [5.74, 6) is 1.54. The SMILES string of the molecule is CC1CCC(C(=O)NCCC2CCOC2)CC1N. The molecule has 0 radical (unpaired) electrons. The molecule has 2 fully saturated rings. The van der Waals surface area contributed by atoms with Crippen LogP contribution in [0.15, 0.2) is 0 Å². The van der Waals surface area contributed by atoms with Gasteiger partial charge in [-0.3, -0.25) is 4.79 Å². The van der Waals surface area contributed by atoms with Crippen molar-refractivity contribution in [2.24, 2.45) is 23.5 Å². The molecule has 0 bridgehead atoms. The summed E-state index contributed by atoms with van der Waals surface area (Å²) in [6.45, 7) is 4.71. The third-order valence-corrected chi connectivity index (χ3v) is 4.50. The summed E-state index contributed by atoms with van der Waals surface area (Å²) in [4.78, 5) is 12.0. The summed E-state index contributed by atoms with van der Waals surface area (Å²) < 4.78 is 5.33. The Hall–Kier alpha value is -0.610. The van der Waals surface area contributed by atoms with Crippen LogP contribution < -0.4 is 11.1 Å². The van der Waals surface area contributed by atoms with Crippen molar-refractivity contribution in [2.45, 2.75) is 45.1 Å². The average molecular weight is 254 g/mol. The number of hydrogen-bond donors (Lipinski definition) is 2. The van der Waals surface area contributed by atoms with Crippen molar-refractivity contribution in [3.05, 3.63) is 0 Å². The van der Waals surface area contributed by atoms with Gasteiger partial charge in [-0.05, 0) is 43.9 Å². The summed E-state index contributed by atoms with van der Waals surface area (Å²) in [6.07, 6.45) is 5.10. The Bertz CT molecular complexity index is 277. The summed E-state index contributed by atoms with van der Waals surface area (Å²) in [5.41, 5.74) is 6.04. The lowest BCUT2D eigenvalue weighted by Gasteiger charge is -2.31. The van der Waals surface area contributed by atoms with Crippen molar-refractivity contribution >= 4 is 5.91 Å². The van der Waals surface area contributed by atoms with Crippen LogP contribution in [0.25, 0.3) is 0 Å². The van der Waals surface area contributed by atoms with Crippen molar-refractivity contribution in [3.8, 4) is 0 Å². The monoisotopic (exact) mass is 254 g/mol. The van der Waals surface area contributed by atoms with Gasteiger partial charge in [0, 0.05) is 31.7 Å². The number of carbonyl (C=O) groups is 1. The first-order valence-corrected chi connectivity index (χ1v) is 7.28. The van der Waals surface area contributed by atoms with E-state index in [1.807, 2.05) is 0 Å². The Kier molecular flexibility index (Phi) is 5.01. The number of nitrogens with two attached hydrogens (primary N) is 1. The molecule has 1 aliphatic carbocycles. The third-order valence-electron chi connectivity index (χ3n) is 4.50. The first-order chi connectivity index (χ1) is 8.66. The van der Waals surface area contributed by atoms with Crippen LogP contribution in [0, 0.1) is 17.8 Å². The van der Waals surface area contributed by atoms with Crippen LogP contribution in [-0.2, 0) is 9.53 Å². The number of nitrogens with one attached hydrogen (secondary N) is 1. The Morgan fingerprint density at radius 2 is 2.22 bits per heavy atom. The van der Waals surface area contributed by atoms with E-state index in [0.717, 1.165) is 51.9 Å². The normalized spacial score (nSPS) is 36.6. The molecule has 104 valence electrons. The molecule has 1 amide bonds. The average Bonchev–Trinajstić information content (AvgIpc) is 2.85. The molecule has 1 heterocycles. The van der Waals surface area contributed by atoms with Crippen LogP contribution in [0.5, 0.6) is 0 Å². The van der Waals surface area contributed by atoms with Crippen LogP contribution in [0.2, 0.25) is 0 Å². The lowest BCUT2D eigenvalue weighted by molar-refractivity contribution is -0.126. The van der Waals surface area contributed by atoms with Gasteiger partial charge in [0.05, 0.1) is 0 Å². The van der Waals surface area contributed by atoms with Crippen molar-refractivity contribution in [3.63, 3.8) is 0 Å². The zero-order valence-corrected chi connectivity index (χ0v) is 11.4. The zero-order valence-electron chi connectivity index (χ0n) is 11.4. The van der Waals surface area contributed by atoms with E-state index >= 15 is 0 Å². The molecule has 0 aromatic rings. The van der Waals surface area contributed by atoms with Gasteiger partial charge in [0.15, 0.2) is 0 Å². The molecular weight excluding hydrogens is 228 g/mol. The van der Waals surface area contributed by atoms with E-state index in [0.29, 0.717) is 11.8 Å². The molecule has 1 saturated carbocycles. The van der Waals surface area contributed by atoms with Gasteiger partial charge < -0.3 is 15.8 Å². The predicted octanol–water partition coefficient (Wildman–Crippen LogP) is 1.29. The Labute approximate surface area is 110 Å². The maximum Gasteiger partial charge on any atom is 0.223 e. The Balaban J connectivity index is 1.64. The molecular formula is C14H26N2O2. The lowest BCUT2D eigenvalue weighted by atomic mass is 9.79. The molecule has 4 nitrogen and oxygen atoms in total. The third kappa shape index (κ3) is 3.69. The number of hydrogen-bond acceptors (Lipinski definition) is 3. The topological polar surface area (TPSA) is 64.3 Å². The summed E-state index contributed by atoms with van der Waals surface area (Å²) in [5, 5.41) is 3.06. The van der Waals surface area contributed by atoms with E-state index < -0.39 is 0 Å². The van der Waals surface area contributed by atoms with Crippen molar-refractivity contribution in [2.75, 3.05) is 19.8 Å². The fourth-order valence-electron chi connectivity index (χ4n) is 2.95. The first-order valence-electron chi connectivity index (χ1n) is 7.28. The highest BCUT2D eigenvalue weighted by atomic mass is 16.5. The number of carbonyl (C=O) groups excluding carboxylic acids is 1. The number of amides is 1. The molecule has 2 aliphatic rings. The largest absolute Gasteiger partial charge is 0.381 e. The van der Waals surface area contributed by atoms with Crippen molar-refractivity contribution in [1.82, 2.24) is 5.32 Å². The van der Waals surface area contributed by atoms with E-state index in [9.17, 15) is 4.79 Å². The smallest absolute Gasteiger partial charge is 0.223 e. The molecule has 0 spiro atoms. The van der Waals surface area contributed by atoms with Gasteiger partial charge in [-0.15, -0.1) is 0 Å². The highest BCUT2D eigenvalue weighted by Gasteiger charge is 2.29. The fourth-order valence-corrected chi connectivity index (χ4v) is 2.95. The molecule has 0 aromatic heterocycles.